The number of nitrogens with one attached hydrogen (secondary N) is 1. The highest BCUT2D eigenvalue weighted by molar-refractivity contribution is 5.88. The Balaban J connectivity index is 2.64. The molecule has 2 aromatic rings. The minimum absolute atomic E-state index is 0.247. The van der Waals surface area contributed by atoms with Gasteiger partial charge in [0.25, 0.3) is 0 Å². The summed E-state index contributed by atoms with van der Waals surface area (Å²) in [4.78, 5) is 24.9. The van der Waals surface area contributed by atoms with Crippen LogP contribution < -0.4 is 16.2 Å². The van der Waals surface area contributed by atoms with Crippen LogP contribution in [0.25, 0.3) is 0 Å². The Labute approximate surface area is 160 Å². The molecule has 0 aliphatic carbocycles. The molecule has 0 unspecified atom stereocenters. The quantitative estimate of drug-likeness (QED) is 0.442. The second-order valence-corrected chi connectivity index (χ2v) is 6.34. The normalized spacial score (nSPS) is 12.8. The van der Waals surface area contributed by atoms with E-state index in [1.807, 2.05) is 24.3 Å². The summed E-state index contributed by atoms with van der Waals surface area (Å²) in [5.74, 6) is -1.27. The first-order valence-corrected chi connectivity index (χ1v) is 9.20. The summed E-state index contributed by atoms with van der Waals surface area (Å²) in [6.07, 6.45) is 1.87. The highest BCUT2D eigenvalue weighted by Crippen LogP contribution is 2.37. The third-order valence-electron chi connectivity index (χ3n) is 4.55. The van der Waals surface area contributed by atoms with E-state index in [0.717, 1.165) is 0 Å². The van der Waals surface area contributed by atoms with Crippen LogP contribution in [0.15, 0.2) is 60.7 Å². The summed E-state index contributed by atoms with van der Waals surface area (Å²) in [7, 11) is 0. The van der Waals surface area contributed by atoms with Crippen molar-refractivity contribution >= 4 is 17.6 Å². The van der Waals surface area contributed by atoms with Gasteiger partial charge >= 0.3 is 5.97 Å². The Hall–Kier alpha value is -2.86. The van der Waals surface area contributed by atoms with E-state index in [4.69, 9.17) is 5.73 Å². The summed E-state index contributed by atoms with van der Waals surface area (Å²) in [5, 5.41) is 11.9. The minimum Gasteiger partial charge on any atom is -0.479 e. The van der Waals surface area contributed by atoms with Gasteiger partial charge in [0.05, 0.1) is 5.69 Å². The lowest BCUT2D eigenvalue weighted by Gasteiger charge is -2.42. The van der Waals surface area contributed by atoms with E-state index < -0.39 is 11.5 Å². The molecule has 0 aromatic heterocycles. The van der Waals surface area contributed by atoms with Gasteiger partial charge in [-0.3, -0.25) is 15.2 Å². The molecule has 0 aliphatic rings. The predicted molar refractivity (Wildman–Crippen MR) is 106 cm³/mol. The SMILES string of the molecule is CCC(=O)NN(c1ccccc1)[C@@](CCCCN)(C(=O)O)c1ccccc1. The van der Waals surface area contributed by atoms with E-state index in [9.17, 15) is 14.7 Å². The molecule has 6 heteroatoms. The third kappa shape index (κ3) is 4.65. The van der Waals surface area contributed by atoms with Gasteiger partial charge in [-0.05, 0) is 43.5 Å². The second-order valence-electron chi connectivity index (χ2n) is 6.34. The number of amides is 1. The van der Waals surface area contributed by atoms with Crippen molar-refractivity contribution in [1.82, 2.24) is 5.43 Å². The lowest BCUT2D eigenvalue weighted by Crippen LogP contribution is -2.60. The van der Waals surface area contributed by atoms with Crippen LogP contribution in [-0.2, 0) is 15.1 Å². The molecule has 1 atom stereocenters. The zero-order valence-corrected chi connectivity index (χ0v) is 15.6. The molecular weight excluding hydrogens is 342 g/mol. The maximum Gasteiger partial charge on any atom is 0.336 e. The van der Waals surface area contributed by atoms with E-state index in [-0.39, 0.29) is 12.3 Å². The summed E-state index contributed by atoms with van der Waals surface area (Å²) in [6, 6.07) is 18.1. The number of anilines is 1. The van der Waals surface area contributed by atoms with Crippen LogP contribution in [0.3, 0.4) is 0 Å². The van der Waals surface area contributed by atoms with Crippen LogP contribution in [0.5, 0.6) is 0 Å². The number of nitrogens with two attached hydrogens (primary N) is 1. The fourth-order valence-corrected chi connectivity index (χ4v) is 3.11. The van der Waals surface area contributed by atoms with Crippen molar-refractivity contribution in [3.8, 4) is 0 Å². The fourth-order valence-electron chi connectivity index (χ4n) is 3.11. The van der Waals surface area contributed by atoms with Gasteiger partial charge in [0.2, 0.25) is 5.91 Å². The van der Waals surface area contributed by atoms with Crippen LogP contribution in [-0.4, -0.2) is 23.5 Å². The average molecular weight is 369 g/mol. The topological polar surface area (TPSA) is 95.7 Å². The van der Waals surface area contributed by atoms with Crippen molar-refractivity contribution in [3.05, 3.63) is 66.2 Å². The third-order valence-corrected chi connectivity index (χ3v) is 4.55. The van der Waals surface area contributed by atoms with Crippen molar-refractivity contribution < 1.29 is 14.7 Å². The monoisotopic (exact) mass is 369 g/mol. The predicted octanol–water partition coefficient (Wildman–Crippen LogP) is 3.04. The van der Waals surface area contributed by atoms with Gasteiger partial charge in [0.15, 0.2) is 5.54 Å². The fraction of sp³-hybridized carbons (Fsp3) is 0.333. The number of unbranched alkanes of at least 4 members (excludes halogenated alkanes) is 1. The number of benzene rings is 2. The number of rotatable bonds is 10. The molecule has 1 amide bonds. The number of carbonyl (C=O) groups is 2. The first kappa shape index (κ1) is 20.5. The Morgan fingerprint density at radius 1 is 1.04 bits per heavy atom. The zero-order chi connectivity index (χ0) is 19.7. The number of carboxylic acid groups (broad SMARTS) is 1. The Morgan fingerprint density at radius 2 is 1.63 bits per heavy atom. The molecule has 27 heavy (non-hydrogen) atoms. The number of para-hydroxylation sites is 1. The highest BCUT2D eigenvalue weighted by atomic mass is 16.4. The molecule has 0 spiro atoms. The lowest BCUT2D eigenvalue weighted by molar-refractivity contribution is -0.145. The lowest BCUT2D eigenvalue weighted by atomic mass is 9.83. The number of hydrogen-bond donors (Lipinski definition) is 3. The van der Waals surface area contributed by atoms with Gasteiger partial charge < -0.3 is 10.8 Å². The number of hydrazine groups is 1. The number of carbonyl (C=O) groups excluding carboxylic acids is 1. The van der Waals surface area contributed by atoms with E-state index in [1.54, 1.807) is 43.3 Å². The van der Waals surface area contributed by atoms with E-state index in [2.05, 4.69) is 5.43 Å². The van der Waals surface area contributed by atoms with Crippen molar-refractivity contribution in [2.75, 3.05) is 11.6 Å². The maximum atomic E-state index is 12.7. The molecule has 144 valence electrons. The Kier molecular flexibility index (Phi) is 7.37. The smallest absolute Gasteiger partial charge is 0.336 e. The van der Waals surface area contributed by atoms with Gasteiger partial charge in [0, 0.05) is 6.42 Å². The summed E-state index contributed by atoms with van der Waals surface area (Å²) in [6.45, 7) is 2.22. The average Bonchev–Trinajstić information content (AvgIpc) is 2.71. The van der Waals surface area contributed by atoms with Crippen LogP contribution in [0, 0.1) is 0 Å². The molecule has 0 saturated carbocycles. The zero-order valence-electron chi connectivity index (χ0n) is 15.6. The molecule has 0 bridgehead atoms. The standard InChI is InChI=1S/C21H27N3O3/c1-2-19(25)23-24(18-13-7-4-8-14-18)21(20(26)27,15-9-10-16-22)17-11-5-3-6-12-17/h3-8,11-14H,2,9-10,15-16,22H2,1H3,(H,23,25)(H,26,27)/t21-/m1/s1. The Morgan fingerprint density at radius 3 is 2.15 bits per heavy atom. The minimum atomic E-state index is -1.44. The van der Waals surface area contributed by atoms with Crippen LogP contribution in [0.2, 0.25) is 0 Å². The van der Waals surface area contributed by atoms with Crippen LogP contribution in [0.1, 0.15) is 38.2 Å². The molecule has 6 nitrogen and oxygen atoms in total. The highest BCUT2D eigenvalue weighted by Gasteiger charge is 2.47. The van der Waals surface area contributed by atoms with Crippen molar-refractivity contribution in [2.24, 2.45) is 5.73 Å². The molecule has 0 heterocycles. The van der Waals surface area contributed by atoms with Crippen molar-refractivity contribution in [2.45, 2.75) is 38.1 Å². The molecule has 2 aromatic carbocycles. The molecular formula is C21H27N3O3. The first-order chi connectivity index (χ1) is 13.1. The van der Waals surface area contributed by atoms with E-state index in [0.29, 0.717) is 37.1 Å². The van der Waals surface area contributed by atoms with Crippen LogP contribution >= 0.6 is 0 Å². The molecule has 0 aliphatic heterocycles. The van der Waals surface area contributed by atoms with Crippen molar-refractivity contribution in [3.63, 3.8) is 0 Å². The number of carboxylic acids is 1. The van der Waals surface area contributed by atoms with Crippen LogP contribution in [0.4, 0.5) is 5.69 Å². The summed E-state index contributed by atoms with van der Waals surface area (Å²) in [5.41, 5.74) is 8.22. The summed E-state index contributed by atoms with van der Waals surface area (Å²) >= 11 is 0. The molecule has 0 saturated heterocycles. The van der Waals surface area contributed by atoms with Crippen molar-refractivity contribution in [1.29, 1.82) is 0 Å². The van der Waals surface area contributed by atoms with E-state index >= 15 is 0 Å². The number of hydrogen-bond acceptors (Lipinski definition) is 4. The first-order valence-electron chi connectivity index (χ1n) is 9.20. The van der Waals surface area contributed by atoms with Gasteiger partial charge in [-0.15, -0.1) is 0 Å². The second kappa shape index (κ2) is 9.73. The molecule has 4 N–H and O–H groups in total. The van der Waals surface area contributed by atoms with Gasteiger partial charge in [-0.25, -0.2) is 4.79 Å². The Bertz CT molecular complexity index is 737. The summed E-state index contributed by atoms with van der Waals surface area (Å²) < 4.78 is 0. The maximum absolute atomic E-state index is 12.7. The molecule has 0 radical (unpaired) electrons. The van der Waals surface area contributed by atoms with Gasteiger partial charge in [-0.1, -0.05) is 55.5 Å². The van der Waals surface area contributed by atoms with Gasteiger partial charge in [0.1, 0.15) is 0 Å². The number of nitrogens with zero attached hydrogens (tertiary/aromatic N) is 1. The van der Waals surface area contributed by atoms with Gasteiger partial charge in [-0.2, -0.15) is 0 Å². The largest absolute Gasteiger partial charge is 0.479 e. The van der Waals surface area contributed by atoms with E-state index in [1.165, 1.54) is 5.01 Å². The number of aliphatic carboxylic acids is 1. The molecule has 2 rings (SSSR count). The molecule has 0 fully saturated rings.